The third-order valence-electron chi connectivity index (χ3n) is 7.41. The summed E-state index contributed by atoms with van der Waals surface area (Å²) in [5.74, 6) is 0.727. The molecule has 0 saturated carbocycles. The molecule has 0 radical (unpaired) electrons. The third-order valence-corrected chi connectivity index (χ3v) is 7.41. The second-order valence-electron chi connectivity index (χ2n) is 10.0. The summed E-state index contributed by atoms with van der Waals surface area (Å²) in [6, 6.07) is 30.7. The summed E-state index contributed by atoms with van der Waals surface area (Å²) in [5.41, 5.74) is 24.2. The molecule has 4 aromatic rings. The minimum Gasteiger partial charge on any atom is -0.399 e. The molecule has 0 aliphatic carbocycles. The summed E-state index contributed by atoms with van der Waals surface area (Å²) >= 11 is 0. The molecule has 35 heavy (non-hydrogen) atoms. The van der Waals surface area contributed by atoms with E-state index in [1.807, 2.05) is 12.1 Å². The average Bonchev–Trinajstić information content (AvgIpc) is 2.84. The molecule has 2 atom stereocenters. The van der Waals surface area contributed by atoms with E-state index < -0.39 is 0 Å². The molecule has 0 bridgehead atoms. The van der Waals surface area contributed by atoms with Gasteiger partial charge in [-0.3, -0.25) is 0 Å². The van der Waals surface area contributed by atoms with Gasteiger partial charge < -0.3 is 11.5 Å². The SMILES string of the molecule is Cc1cc(N)ccc1C(C)c1ccc(CCCc2ccc(C(C)c3ccc(N)cc3C)cc2)cc1. The third kappa shape index (κ3) is 5.95. The van der Waals surface area contributed by atoms with E-state index in [0.29, 0.717) is 11.8 Å². The molecule has 0 amide bonds. The van der Waals surface area contributed by atoms with Crippen LogP contribution in [0.2, 0.25) is 0 Å². The summed E-state index contributed by atoms with van der Waals surface area (Å²) in [6.45, 7) is 8.82. The van der Waals surface area contributed by atoms with E-state index in [2.05, 4.69) is 100 Å². The van der Waals surface area contributed by atoms with Gasteiger partial charge in [0.05, 0.1) is 0 Å². The van der Waals surface area contributed by atoms with Crippen LogP contribution in [-0.2, 0) is 12.8 Å². The van der Waals surface area contributed by atoms with Crippen LogP contribution in [0.1, 0.15) is 76.6 Å². The molecule has 4 N–H and O–H groups in total. The maximum absolute atomic E-state index is 5.93. The molecule has 4 rings (SSSR count). The van der Waals surface area contributed by atoms with Gasteiger partial charge in [-0.2, -0.15) is 0 Å². The van der Waals surface area contributed by atoms with E-state index in [9.17, 15) is 0 Å². The quantitative estimate of drug-likeness (QED) is 0.261. The summed E-state index contributed by atoms with van der Waals surface area (Å²) in [7, 11) is 0. The van der Waals surface area contributed by atoms with Gasteiger partial charge in [-0.05, 0) is 102 Å². The van der Waals surface area contributed by atoms with E-state index in [1.54, 1.807) is 0 Å². The van der Waals surface area contributed by atoms with Crippen molar-refractivity contribution in [2.24, 2.45) is 0 Å². The summed E-state index contributed by atoms with van der Waals surface area (Å²) in [5, 5.41) is 0. The largest absolute Gasteiger partial charge is 0.399 e. The Morgan fingerprint density at radius 1 is 0.543 bits per heavy atom. The van der Waals surface area contributed by atoms with Crippen molar-refractivity contribution in [2.75, 3.05) is 11.5 Å². The second-order valence-corrected chi connectivity index (χ2v) is 10.0. The van der Waals surface area contributed by atoms with Crippen molar-refractivity contribution in [3.63, 3.8) is 0 Å². The molecule has 2 unspecified atom stereocenters. The molecule has 0 saturated heterocycles. The number of nitrogens with two attached hydrogens (primary N) is 2. The highest BCUT2D eigenvalue weighted by Gasteiger charge is 2.12. The molecule has 180 valence electrons. The van der Waals surface area contributed by atoms with E-state index in [0.717, 1.165) is 30.6 Å². The molecule has 0 fully saturated rings. The number of aryl methyl sites for hydroxylation is 4. The van der Waals surface area contributed by atoms with Crippen LogP contribution in [0.4, 0.5) is 11.4 Å². The van der Waals surface area contributed by atoms with E-state index in [-0.39, 0.29) is 0 Å². The monoisotopic (exact) mass is 462 g/mol. The van der Waals surface area contributed by atoms with Gasteiger partial charge in [0.15, 0.2) is 0 Å². The zero-order chi connectivity index (χ0) is 24.9. The number of benzene rings is 4. The number of anilines is 2. The molecule has 0 aliphatic heterocycles. The van der Waals surface area contributed by atoms with Crippen LogP contribution < -0.4 is 11.5 Å². The average molecular weight is 463 g/mol. The molecule has 0 spiro atoms. The van der Waals surface area contributed by atoms with Crippen LogP contribution >= 0.6 is 0 Å². The summed E-state index contributed by atoms with van der Waals surface area (Å²) in [4.78, 5) is 0. The first-order valence-electron chi connectivity index (χ1n) is 12.7. The van der Waals surface area contributed by atoms with Crippen molar-refractivity contribution in [3.8, 4) is 0 Å². The van der Waals surface area contributed by atoms with E-state index in [4.69, 9.17) is 11.5 Å². The maximum Gasteiger partial charge on any atom is 0.0316 e. The van der Waals surface area contributed by atoms with Crippen molar-refractivity contribution in [1.82, 2.24) is 0 Å². The lowest BCUT2D eigenvalue weighted by Crippen LogP contribution is -2.01. The molecule has 0 aromatic heterocycles. The van der Waals surface area contributed by atoms with E-state index in [1.165, 1.54) is 44.5 Å². The van der Waals surface area contributed by atoms with Crippen molar-refractivity contribution in [1.29, 1.82) is 0 Å². The number of hydrogen-bond acceptors (Lipinski definition) is 2. The van der Waals surface area contributed by atoms with Crippen molar-refractivity contribution >= 4 is 11.4 Å². The lowest BCUT2D eigenvalue weighted by Gasteiger charge is -2.16. The lowest BCUT2D eigenvalue weighted by atomic mass is 9.88. The van der Waals surface area contributed by atoms with Crippen LogP contribution in [0.5, 0.6) is 0 Å². The Kier molecular flexibility index (Phi) is 7.60. The van der Waals surface area contributed by atoms with Gasteiger partial charge in [-0.15, -0.1) is 0 Å². The number of rotatable bonds is 8. The highest BCUT2D eigenvalue weighted by Crippen LogP contribution is 2.29. The van der Waals surface area contributed by atoms with Crippen molar-refractivity contribution in [3.05, 3.63) is 129 Å². The molecule has 0 heterocycles. The Hall–Kier alpha value is -3.52. The number of hydrogen-bond donors (Lipinski definition) is 2. The fraction of sp³-hybridized carbons (Fsp3) is 0.273. The Labute approximate surface area is 211 Å². The Balaban J connectivity index is 1.32. The van der Waals surface area contributed by atoms with Gasteiger partial charge in [0, 0.05) is 23.2 Å². The van der Waals surface area contributed by atoms with Gasteiger partial charge >= 0.3 is 0 Å². The van der Waals surface area contributed by atoms with Gasteiger partial charge in [-0.1, -0.05) is 74.5 Å². The second kappa shape index (κ2) is 10.8. The van der Waals surface area contributed by atoms with Crippen LogP contribution in [0.25, 0.3) is 0 Å². The fourth-order valence-electron chi connectivity index (χ4n) is 5.17. The van der Waals surface area contributed by atoms with Crippen molar-refractivity contribution in [2.45, 2.75) is 58.8 Å². The zero-order valence-corrected chi connectivity index (χ0v) is 21.5. The first-order valence-corrected chi connectivity index (χ1v) is 12.7. The summed E-state index contributed by atoms with van der Waals surface area (Å²) in [6.07, 6.45) is 3.34. The lowest BCUT2D eigenvalue weighted by molar-refractivity contribution is 0.816. The van der Waals surface area contributed by atoms with Crippen LogP contribution in [0.15, 0.2) is 84.9 Å². The molecular weight excluding hydrogens is 424 g/mol. The first-order chi connectivity index (χ1) is 16.8. The molecule has 0 aliphatic rings. The zero-order valence-electron chi connectivity index (χ0n) is 21.5. The molecule has 4 aromatic carbocycles. The minimum atomic E-state index is 0.364. The van der Waals surface area contributed by atoms with Crippen LogP contribution in [0.3, 0.4) is 0 Å². The first kappa shape index (κ1) is 24.6. The highest BCUT2D eigenvalue weighted by atomic mass is 14.5. The predicted molar refractivity (Wildman–Crippen MR) is 151 cm³/mol. The molecule has 2 nitrogen and oxygen atoms in total. The Bertz CT molecular complexity index is 1170. The van der Waals surface area contributed by atoms with Gasteiger partial charge in [0.1, 0.15) is 0 Å². The molecule has 2 heteroatoms. The fourth-order valence-corrected chi connectivity index (χ4v) is 5.17. The Morgan fingerprint density at radius 3 is 1.26 bits per heavy atom. The smallest absolute Gasteiger partial charge is 0.0316 e. The van der Waals surface area contributed by atoms with Crippen molar-refractivity contribution < 1.29 is 0 Å². The van der Waals surface area contributed by atoms with Gasteiger partial charge in [0.2, 0.25) is 0 Å². The topological polar surface area (TPSA) is 52.0 Å². The summed E-state index contributed by atoms with van der Waals surface area (Å²) < 4.78 is 0. The highest BCUT2D eigenvalue weighted by molar-refractivity contribution is 5.48. The normalized spacial score (nSPS) is 12.9. The van der Waals surface area contributed by atoms with Gasteiger partial charge in [-0.25, -0.2) is 0 Å². The van der Waals surface area contributed by atoms with E-state index >= 15 is 0 Å². The maximum atomic E-state index is 5.93. The van der Waals surface area contributed by atoms with Crippen LogP contribution in [0, 0.1) is 13.8 Å². The predicted octanol–water partition coefficient (Wildman–Crippen LogP) is 7.95. The standard InChI is InChI=1S/C33H38N2/c1-22-20-30(34)16-18-32(22)24(3)28-12-8-26(9-13-28)6-5-7-27-10-14-29(15-11-27)25(4)33-19-17-31(35)21-23(33)2/h8-21,24-25H,5-7,34-35H2,1-4H3. The minimum absolute atomic E-state index is 0.364. The van der Waals surface area contributed by atoms with Crippen LogP contribution in [-0.4, -0.2) is 0 Å². The Morgan fingerprint density at radius 2 is 0.914 bits per heavy atom. The van der Waals surface area contributed by atoms with Gasteiger partial charge in [0.25, 0.3) is 0 Å². The molecular formula is C33H38N2. The number of nitrogen functional groups attached to an aromatic ring is 2.